The Balaban J connectivity index is 1.96. The molecular weight excluding hydrogens is 369 g/mol. The minimum absolute atomic E-state index is 0.298. The number of nitrogens with zero attached hydrogens (tertiary/aromatic N) is 2. The molecule has 3 rings (SSSR count). The van der Waals surface area contributed by atoms with Gasteiger partial charge >= 0.3 is 0 Å². The Morgan fingerprint density at radius 3 is 2.58 bits per heavy atom. The number of fused-ring (bicyclic) bond motifs is 1. The standard InChI is InChI=1S/C20H21Cl2N3O/c1-3-25(4-2)12-13-9-15(5-6-19(13)26)24-17-7-8-23-18-11-14(21)10-16(22)20(17)18/h5-11,26H,3-4,12H2,1-2H3,(H,23,24). The molecule has 0 radical (unpaired) electrons. The van der Waals surface area contributed by atoms with Gasteiger partial charge in [0.15, 0.2) is 0 Å². The van der Waals surface area contributed by atoms with E-state index in [1.165, 1.54) is 0 Å². The normalized spacial score (nSPS) is 11.3. The zero-order valence-corrected chi connectivity index (χ0v) is 16.3. The van der Waals surface area contributed by atoms with E-state index in [1.54, 1.807) is 24.4 Å². The van der Waals surface area contributed by atoms with E-state index in [0.717, 1.165) is 40.9 Å². The van der Waals surface area contributed by atoms with E-state index >= 15 is 0 Å². The lowest BCUT2D eigenvalue weighted by molar-refractivity contribution is 0.291. The number of aromatic nitrogens is 1. The molecule has 1 aromatic heterocycles. The lowest BCUT2D eigenvalue weighted by Crippen LogP contribution is -2.22. The third-order valence-corrected chi connectivity index (χ3v) is 4.92. The molecule has 0 amide bonds. The number of hydrogen-bond donors (Lipinski definition) is 2. The number of benzene rings is 2. The van der Waals surface area contributed by atoms with Crippen molar-refractivity contribution < 1.29 is 5.11 Å². The highest BCUT2D eigenvalue weighted by Crippen LogP contribution is 2.34. The largest absolute Gasteiger partial charge is 0.508 e. The summed E-state index contributed by atoms with van der Waals surface area (Å²) in [5.74, 6) is 0.298. The Morgan fingerprint density at radius 1 is 1.08 bits per heavy atom. The van der Waals surface area contributed by atoms with E-state index in [2.05, 4.69) is 29.0 Å². The van der Waals surface area contributed by atoms with Crippen LogP contribution < -0.4 is 5.32 Å². The second-order valence-electron chi connectivity index (χ2n) is 6.07. The molecule has 0 fully saturated rings. The van der Waals surface area contributed by atoms with E-state index in [1.807, 2.05) is 18.2 Å². The van der Waals surface area contributed by atoms with Gasteiger partial charge in [-0.3, -0.25) is 9.88 Å². The van der Waals surface area contributed by atoms with E-state index in [-0.39, 0.29) is 0 Å². The number of rotatable bonds is 6. The maximum absolute atomic E-state index is 10.2. The van der Waals surface area contributed by atoms with Crippen molar-refractivity contribution in [2.24, 2.45) is 0 Å². The molecule has 0 spiro atoms. The van der Waals surface area contributed by atoms with Crippen LogP contribution >= 0.6 is 23.2 Å². The van der Waals surface area contributed by atoms with Gasteiger partial charge in [0.25, 0.3) is 0 Å². The van der Waals surface area contributed by atoms with Crippen molar-refractivity contribution in [2.75, 3.05) is 18.4 Å². The first-order chi connectivity index (χ1) is 12.5. The molecule has 0 atom stereocenters. The number of phenols is 1. The fourth-order valence-corrected chi connectivity index (χ4v) is 3.53. The SMILES string of the molecule is CCN(CC)Cc1cc(Nc2ccnc3cc(Cl)cc(Cl)c23)ccc1O. The van der Waals surface area contributed by atoms with Crippen LogP contribution in [0.15, 0.2) is 42.6 Å². The first kappa shape index (κ1) is 18.8. The summed E-state index contributed by atoms with van der Waals surface area (Å²) >= 11 is 12.5. The zero-order chi connectivity index (χ0) is 18.7. The molecule has 0 saturated heterocycles. The van der Waals surface area contributed by atoms with Crippen LogP contribution in [0, 0.1) is 0 Å². The first-order valence-electron chi connectivity index (χ1n) is 8.56. The van der Waals surface area contributed by atoms with Gasteiger partial charge in [0.05, 0.1) is 16.2 Å². The van der Waals surface area contributed by atoms with Gasteiger partial charge in [-0.15, -0.1) is 0 Å². The Kier molecular flexibility index (Phi) is 5.87. The molecular formula is C20H21Cl2N3O. The lowest BCUT2D eigenvalue weighted by Gasteiger charge is -2.19. The average molecular weight is 390 g/mol. The van der Waals surface area contributed by atoms with Gasteiger partial charge in [-0.1, -0.05) is 37.0 Å². The maximum Gasteiger partial charge on any atom is 0.120 e. The summed E-state index contributed by atoms with van der Waals surface area (Å²) in [6.07, 6.45) is 1.72. The molecule has 2 N–H and O–H groups in total. The maximum atomic E-state index is 10.2. The predicted octanol–water partition coefficient (Wildman–Crippen LogP) is 5.83. The molecule has 0 bridgehead atoms. The summed E-state index contributed by atoms with van der Waals surface area (Å²) in [6, 6.07) is 10.9. The predicted molar refractivity (Wildman–Crippen MR) is 110 cm³/mol. The van der Waals surface area contributed by atoms with E-state index in [0.29, 0.717) is 22.3 Å². The van der Waals surface area contributed by atoms with Gasteiger partial charge in [-0.05, 0) is 49.5 Å². The fraction of sp³-hybridized carbons (Fsp3) is 0.250. The van der Waals surface area contributed by atoms with Crippen LogP contribution in [0.5, 0.6) is 5.75 Å². The Hall–Kier alpha value is -2.01. The Bertz CT molecular complexity index is 926. The number of halogens is 2. The molecule has 0 aliphatic rings. The van der Waals surface area contributed by atoms with Crippen molar-refractivity contribution in [3.05, 3.63) is 58.2 Å². The van der Waals surface area contributed by atoms with Gasteiger partial charge in [-0.2, -0.15) is 0 Å². The topological polar surface area (TPSA) is 48.4 Å². The van der Waals surface area contributed by atoms with Crippen molar-refractivity contribution in [3.63, 3.8) is 0 Å². The third-order valence-electron chi connectivity index (χ3n) is 4.41. The van der Waals surface area contributed by atoms with Gasteiger partial charge in [0.1, 0.15) is 5.75 Å². The fourth-order valence-electron chi connectivity index (χ4n) is 2.94. The summed E-state index contributed by atoms with van der Waals surface area (Å²) < 4.78 is 0. The van der Waals surface area contributed by atoms with Crippen LogP contribution in [0.2, 0.25) is 10.0 Å². The van der Waals surface area contributed by atoms with Crippen molar-refractivity contribution in [1.82, 2.24) is 9.88 Å². The minimum atomic E-state index is 0.298. The molecule has 0 aliphatic carbocycles. The zero-order valence-electron chi connectivity index (χ0n) is 14.8. The van der Waals surface area contributed by atoms with Gasteiger partial charge in [-0.25, -0.2) is 0 Å². The molecule has 4 nitrogen and oxygen atoms in total. The molecule has 136 valence electrons. The van der Waals surface area contributed by atoms with Crippen LogP contribution in [0.4, 0.5) is 11.4 Å². The summed E-state index contributed by atoms with van der Waals surface area (Å²) in [5, 5.41) is 15.5. The van der Waals surface area contributed by atoms with Gasteiger partial charge < -0.3 is 10.4 Å². The number of nitrogens with one attached hydrogen (secondary N) is 1. The second-order valence-corrected chi connectivity index (χ2v) is 6.91. The van der Waals surface area contributed by atoms with Crippen LogP contribution in [0.25, 0.3) is 10.9 Å². The molecule has 2 aromatic carbocycles. The highest BCUT2D eigenvalue weighted by molar-refractivity contribution is 6.39. The van der Waals surface area contributed by atoms with Crippen molar-refractivity contribution in [3.8, 4) is 5.75 Å². The third kappa shape index (κ3) is 4.04. The van der Waals surface area contributed by atoms with Gasteiger partial charge in [0, 0.05) is 34.4 Å². The van der Waals surface area contributed by atoms with Crippen LogP contribution in [-0.4, -0.2) is 28.1 Å². The van der Waals surface area contributed by atoms with Crippen molar-refractivity contribution >= 4 is 45.5 Å². The Morgan fingerprint density at radius 2 is 1.85 bits per heavy atom. The molecule has 6 heteroatoms. The second kappa shape index (κ2) is 8.12. The average Bonchev–Trinajstić information content (AvgIpc) is 2.61. The van der Waals surface area contributed by atoms with Crippen LogP contribution in [0.3, 0.4) is 0 Å². The van der Waals surface area contributed by atoms with Crippen LogP contribution in [-0.2, 0) is 6.54 Å². The molecule has 1 heterocycles. The summed E-state index contributed by atoms with van der Waals surface area (Å²) in [4.78, 5) is 6.59. The highest BCUT2D eigenvalue weighted by atomic mass is 35.5. The monoisotopic (exact) mass is 389 g/mol. The molecule has 0 unspecified atom stereocenters. The summed E-state index contributed by atoms with van der Waals surface area (Å²) in [6.45, 7) is 6.78. The highest BCUT2D eigenvalue weighted by Gasteiger charge is 2.11. The first-order valence-corrected chi connectivity index (χ1v) is 9.32. The number of aromatic hydroxyl groups is 1. The van der Waals surface area contributed by atoms with Crippen LogP contribution in [0.1, 0.15) is 19.4 Å². The van der Waals surface area contributed by atoms with E-state index in [9.17, 15) is 5.11 Å². The molecule has 0 aliphatic heterocycles. The number of anilines is 2. The number of phenolic OH excluding ortho intramolecular Hbond substituents is 1. The van der Waals surface area contributed by atoms with E-state index in [4.69, 9.17) is 23.2 Å². The summed E-state index contributed by atoms with van der Waals surface area (Å²) in [7, 11) is 0. The van der Waals surface area contributed by atoms with Gasteiger partial charge in [0.2, 0.25) is 0 Å². The Labute approximate surface area is 163 Å². The minimum Gasteiger partial charge on any atom is -0.508 e. The lowest BCUT2D eigenvalue weighted by atomic mass is 10.1. The smallest absolute Gasteiger partial charge is 0.120 e. The van der Waals surface area contributed by atoms with Crippen molar-refractivity contribution in [1.29, 1.82) is 0 Å². The molecule has 26 heavy (non-hydrogen) atoms. The van der Waals surface area contributed by atoms with E-state index < -0.39 is 0 Å². The number of hydrogen-bond acceptors (Lipinski definition) is 4. The quantitative estimate of drug-likeness (QED) is 0.520. The number of pyridine rings is 1. The molecule has 0 saturated carbocycles. The van der Waals surface area contributed by atoms with Crippen molar-refractivity contribution in [2.45, 2.75) is 20.4 Å². The summed E-state index contributed by atoms with van der Waals surface area (Å²) in [5.41, 5.74) is 3.33. The molecule has 3 aromatic rings.